The van der Waals surface area contributed by atoms with E-state index in [-0.39, 0.29) is 11.3 Å². The van der Waals surface area contributed by atoms with Crippen LogP contribution in [-0.2, 0) is 16.6 Å². The number of hydrogen-bond acceptors (Lipinski definition) is 3. The fourth-order valence-corrected chi connectivity index (χ4v) is 3.30. The molecule has 2 aromatic rings. The molecule has 0 saturated heterocycles. The smallest absolute Gasteiger partial charge is 0.264 e. The number of anilines is 1. The zero-order valence-electron chi connectivity index (χ0n) is 10.5. The molecule has 0 radical (unpaired) electrons. The molecule has 0 aromatic heterocycles. The van der Waals surface area contributed by atoms with Crippen molar-refractivity contribution in [3.8, 4) is 0 Å². The van der Waals surface area contributed by atoms with Crippen LogP contribution >= 0.6 is 15.9 Å². The minimum Gasteiger partial charge on any atom is -0.392 e. The van der Waals surface area contributed by atoms with Crippen molar-refractivity contribution in [3.63, 3.8) is 0 Å². The minimum absolute atomic E-state index is 0.0520. The molecular formula is C13H10BrF2NO3S. The highest BCUT2D eigenvalue weighted by Crippen LogP contribution is 2.27. The number of aliphatic hydroxyl groups excluding tert-OH is 1. The minimum atomic E-state index is -4.25. The third-order valence-electron chi connectivity index (χ3n) is 2.64. The van der Waals surface area contributed by atoms with Crippen LogP contribution in [0.15, 0.2) is 45.8 Å². The van der Waals surface area contributed by atoms with Crippen LogP contribution in [0, 0.1) is 11.6 Å². The van der Waals surface area contributed by atoms with Crippen molar-refractivity contribution in [3.05, 3.63) is 58.1 Å². The normalized spacial score (nSPS) is 11.4. The maximum absolute atomic E-state index is 13.7. The van der Waals surface area contributed by atoms with Crippen molar-refractivity contribution in [1.29, 1.82) is 0 Å². The van der Waals surface area contributed by atoms with Crippen molar-refractivity contribution >= 4 is 31.6 Å². The molecule has 0 saturated carbocycles. The molecule has 0 atom stereocenters. The Balaban J connectivity index is 2.45. The quantitative estimate of drug-likeness (QED) is 0.860. The molecule has 2 rings (SSSR count). The molecule has 112 valence electrons. The lowest BCUT2D eigenvalue weighted by atomic mass is 10.2. The van der Waals surface area contributed by atoms with Gasteiger partial charge in [0.2, 0.25) is 0 Å². The van der Waals surface area contributed by atoms with E-state index in [0.29, 0.717) is 4.47 Å². The first kappa shape index (κ1) is 15.9. The van der Waals surface area contributed by atoms with Gasteiger partial charge in [-0.15, -0.1) is 0 Å². The maximum Gasteiger partial charge on any atom is 0.264 e. The predicted molar refractivity (Wildman–Crippen MR) is 77.2 cm³/mol. The van der Waals surface area contributed by atoms with Gasteiger partial charge in [-0.25, -0.2) is 17.2 Å². The second kappa shape index (κ2) is 6.08. The van der Waals surface area contributed by atoms with Gasteiger partial charge in [0.1, 0.15) is 16.5 Å². The number of aliphatic hydroxyl groups is 1. The van der Waals surface area contributed by atoms with Gasteiger partial charge in [0.25, 0.3) is 10.0 Å². The van der Waals surface area contributed by atoms with Crippen molar-refractivity contribution in [1.82, 2.24) is 0 Å². The topological polar surface area (TPSA) is 66.4 Å². The molecule has 0 heterocycles. The van der Waals surface area contributed by atoms with Crippen LogP contribution in [0.25, 0.3) is 0 Å². The van der Waals surface area contributed by atoms with Crippen molar-refractivity contribution in [2.45, 2.75) is 11.5 Å². The summed E-state index contributed by atoms with van der Waals surface area (Å²) in [7, 11) is -4.25. The monoisotopic (exact) mass is 377 g/mol. The summed E-state index contributed by atoms with van der Waals surface area (Å²) in [6.45, 7) is -0.424. The molecule has 21 heavy (non-hydrogen) atoms. The average molecular weight is 378 g/mol. The van der Waals surface area contributed by atoms with Gasteiger partial charge >= 0.3 is 0 Å². The molecule has 0 aliphatic heterocycles. The zero-order chi connectivity index (χ0) is 15.6. The fraction of sp³-hybridized carbons (Fsp3) is 0.0769. The molecule has 0 unspecified atom stereocenters. The van der Waals surface area contributed by atoms with E-state index in [2.05, 4.69) is 20.7 Å². The highest BCUT2D eigenvalue weighted by Gasteiger charge is 2.21. The number of rotatable bonds is 4. The Bertz CT molecular complexity index is 781. The lowest BCUT2D eigenvalue weighted by Gasteiger charge is -2.11. The van der Waals surface area contributed by atoms with Gasteiger partial charge in [0.15, 0.2) is 0 Å². The standard InChI is InChI=1S/C13H10BrF2NO3S/c14-10-3-2-9(15)6-12(10)17-21(19,20)13-5-8(7-18)1-4-11(13)16/h1-6,17-18H,7H2. The molecule has 0 aliphatic carbocycles. The first-order valence-corrected chi connectivity index (χ1v) is 7.98. The molecule has 8 heteroatoms. The van der Waals surface area contributed by atoms with Crippen LogP contribution in [0.3, 0.4) is 0 Å². The second-order valence-electron chi connectivity index (χ2n) is 4.15. The second-order valence-corrected chi connectivity index (χ2v) is 6.66. The maximum atomic E-state index is 13.7. The van der Waals surface area contributed by atoms with Gasteiger partial charge in [-0.3, -0.25) is 4.72 Å². The Kier molecular flexibility index (Phi) is 4.60. The van der Waals surface area contributed by atoms with Crippen molar-refractivity contribution in [2.75, 3.05) is 4.72 Å². The highest BCUT2D eigenvalue weighted by atomic mass is 79.9. The first-order chi connectivity index (χ1) is 9.83. The highest BCUT2D eigenvalue weighted by molar-refractivity contribution is 9.10. The van der Waals surface area contributed by atoms with E-state index in [1.165, 1.54) is 12.1 Å². The summed E-state index contributed by atoms with van der Waals surface area (Å²) in [4.78, 5) is -0.620. The molecule has 0 bridgehead atoms. The number of hydrogen-bond donors (Lipinski definition) is 2. The molecule has 0 aliphatic rings. The van der Waals surface area contributed by atoms with E-state index < -0.39 is 33.2 Å². The summed E-state index contributed by atoms with van der Waals surface area (Å²) in [5.74, 6) is -1.60. The number of halogens is 3. The van der Waals surface area contributed by atoms with E-state index in [1.54, 1.807) is 0 Å². The molecule has 4 nitrogen and oxygen atoms in total. The Hall–Kier alpha value is -1.51. The molecule has 2 N–H and O–H groups in total. The number of sulfonamides is 1. The molecule has 0 spiro atoms. The Morgan fingerprint density at radius 2 is 1.86 bits per heavy atom. The van der Waals surface area contributed by atoms with E-state index in [4.69, 9.17) is 5.11 Å². The number of benzene rings is 2. The van der Waals surface area contributed by atoms with Gasteiger partial charge in [0, 0.05) is 4.47 Å². The molecular weight excluding hydrogens is 368 g/mol. The van der Waals surface area contributed by atoms with E-state index in [1.807, 2.05) is 0 Å². The van der Waals surface area contributed by atoms with Crippen LogP contribution in [0.1, 0.15) is 5.56 Å². The van der Waals surface area contributed by atoms with Crippen LogP contribution in [0.5, 0.6) is 0 Å². The van der Waals surface area contributed by atoms with E-state index in [9.17, 15) is 17.2 Å². The van der Waals surface area contributed by atoms with Gasteiger partial charge < -0.3 is 5.11 Å². The van der Waals surface area contributed by atoms with Crippen LogP contribution in [0.4, 0.5) is 14.5 Å². The summed E-state index contributed by atoms with van der Waals surface area (Å²) >= 11 is 3.07. The fourth-order valence-electron chi connectivity index (χ4n) is 1.63. The lowest BCUT2D eigenvalue weighted by molar-refractivity contribution is 0.281. The summed E-state index contributed by atoms with van der Waals surface area (Å²) in [5.41, 5.74) is 0.193. The van der Waals surface area contributed by atoms with Crippen molar-refractivity contribution in [2.24, 2.45) is 0 Å². The summed E-state index contributed by atoms with van der Waals surface area (Å²) < 4.78 is 53.6. The first-order valence-electron chi connectivity index (χ1n) is 5.70. The van der Waals surface area contributed by atoms with Crippen LogP contribution in [0.2, 0.25) is 0 Å². The SMILES string of the molecule is O=S(=O)(Nc1cc(F)ccc1Br)c1cc(CO)ccc1F. The summed E-state index contributed by atoms with van der Waals surface area (Å²) in [6.07, 6.45) is 0. The molecule has 0 amide bonds. The average Bonchev–Trinajstić information content (AvgIpc) is 2.43. The largest absolute Gasteiger partial charge is 0.392 e. The van der Waals surface area contributed by atoms with Crippen molar-refractivity contribution < 1.29 is 22.3 Å². The zero-order valence-corrected chi connectivity index (χ0v) is 12.9. The predicted octanol–water partition coefficient (Wildman–Crippen LogP) is 3.02. The summed E-state index contributed by atoms with van der Waals surface area (Å²) in [6, 6.07) is 6.68. The summed E-state index contributed by atoms with van der Waals surface area (Å²) in [5, 5.41) is 8.99. The molecule has 2 aromatic carbocycles. The van der Waals surface area contributed by atoms with Crippen LogP contribution < -0.4 is 4.72 Å². The lowest BCUT2D eigenvalue weighted by Crippen LogP contribution is -2.15. The van der Waals surface area contributed by atoms with Crippen LogP contribution in [-0.4, -0.2) is 13.5 Å². The van der Waals surface area contributed by atoms with Gasteiger partial charge in [-0.2, -0.15) is 0 Å². The van der Waals surface area contributed by atoms with Gasteiger partial charge in [-0.05, 0) is 51.8 Å². The van der Waals surface area contributed by atoms with E-state index >= 15 is 0 Å². The number of nitrogens with one attached hydrogen (secondary N) is 1. The third-order valence-corrected chi connectivity index (χ3v) is 4.71. The van der Waals surface area contributed by atoms with Gasteiger partial charge in [0.05, 0.1) is 12.3 Å². The van der Waals surface area contributed by atoms with E-state index in [0.717, 1.165) is 24.3 Å². The molecule has 0 fully saturated rings. The van der Waals surface area contributed by atoms with Gasteiger partial charge in [-0.1, -0.05) is 6.07 Å². The Labute approximate surface area is 128 Å². The Morgan fingerprint density at radius 1 is 1.14 bits per heavy atom. The Morgan fingerprint density at radius 3 is 2.52 bits per heavy atom. The third kappa shape index (κ3) is 3.58.